The summed E-state index contributed by atoms with van der Waals surface area (Å²) in [7, 11) is 1.78. The molecule has 0 amide bonds. The number of Topliss-reactive ketones (excluding diaryl/α,β-unsaturated/α-hetero) is 1. The fourth-order valence-electron chi connectivity index (χ4n) is 1.52. The van der Waals surface area contributed by atoms with Crippen molar-refractivity contribution in [2.45, 2.75) is 20.3 Å². The van der Waals surface area contributed by atoms with E-state index in [4.69, 9.17) is 12.2 Å². The van der Waals surface area contributed by atoms with Gasteiger partial charge in [-0.05, 0) is 19.1 Å². The van der Waals surface area contributed by atoms with Crippen LogP contribution in [0.5, 0.6) is 0 Å². The average molecular weight is 262 g/mol. The fraction of sp³-hybridized carbons (Fsp3) is 0.286. The highest BCUT2D eigenvalue weighted by molar-refractivity contribution is 7.81. The molecule has 0 heterocycles. The number of carbonyl (C=O) groups is 1. The predicted molar refractivity (Wildman–Crippen MR) is 79.7 cm³/mol. The van der Waals surface area contributed by atoms with Gasteiger partial charge in [0.2, 0.25) is 0 Å². The summed E-state index contributed by atoms with van der Waals surface area (Å²) in [5.41, 5.74) is 2.22. The lowest BCUT2D eigenvalue weighted by molar-refractivity contribution is -0.114. The molecule has 3 nitrogen and oxygen atoms in total. The van der Waals surface area contributed by atoms with Gasteiger partial charge in [0.05, 0.1) is 5.57 Å². The first-order chi connectivity index (χ1) is 8.60. The molecular weight excluding hydrogens is 244 g/mol. The van der Waals surface area contributed by atoms with Gasteiger partial charge in [0.25, 0.3) is 0 Å². The van der Waals surface area contributed by atoms with Gasteiger partial charge in [-0.25, -0.2) is 0 Å². The number of hydrogen-bond donors (Lipinski definition) is 2. The Bertz CT molecular complexity index is 466. The van der Waals surface area contributed by atoms with Gasteiger partial charge in [0.15, 0.2) is 5.78 Å². The molecule has 1 aromatic rings. The zero-order valence-corrected chi connectivity index (χ0v) is 11.7. The second-order valence-corrected chi connectivity index (χ2v) is 4.26. The molecule has 0 aromatic heterocycles. The summed E-state index contributed by atoms with van der Waals surface area (Å²) in [5, 5.41) is 6.06. The number of ketones is 1. The monoisotopic (exact) mass is 262 g/mol. The van der Waals surface area contributed by atoms with Crippen LogP contribution >= 0.6 is 12.2 Å². The van der Waals surface area contributed by atoms with E-state index in [0.717, 1.165) is 11.4 Å². The average Bonchev–Trinajstić information content (AvgIpc) is 2.39. The molecule has 0 unspecified atom stereocenters. The molecule has 0 saturated carbocycles. The van der Waals surface area contributed by atoms with Crippen LogP contribution in [0.2, 0.25) is 0 Å². The molecule has 0 saturated heterocycles. The van der Waals surface area contributed by atoms with Crippen LogP contribution in [-0.4, -0.2) is 17.8 Å². The Balaban J connectivity index is 2.95. The first-order valence-electron chi connectivity index (χ1n) is 5.88. The lowest BCUT2D eigenvalue weighted by Gasteiger charge is -2.13. The second-order valence-electron chi connectivity index (χ2n) is 3.85. The molecule has 0 aliphatic rings. The van der Waals surface area contributed by atoms with Gasteiger partial charge in [0, 0.05) is 24.9 Å². The Morgan fingerprint density at radius 1 is 1.28 bits per heavy atom. The Hall–Kier alpha value is -1.68. The normalized spacial score (nSPS) is 11.5. The van der Waals surface area contributed by atoms with Crippen LogP contribution in [0.3, 0.4) is 0 Å². The standard InChI is InChI=1S/C14H18N2OS/c1-4-12(17)13(10(2)15-3)14(18)16-11-8-6-5-7-9-11/h5-9,15H,4H2,1-3H3,(H,16,18). The van der Waals surface area contributed by atoms with Gasteiger partial charge in [-0.3, -0.25) is 4.79 Å². The van der Waals surface area contributed by atoms with Gasteiger partial charge in [-0.2, -0.15) is 0 Å². The molecule has 0 aliphatic carbocycles. The molecule has 0 atom stereocenters. The van der Waals surface area contributed by atoms with Crippen molar-refractivity contribution in [3.63, 3.8) is 0 Å². The number of nitrogens with one attached hydrogen (secondary N) is 2. The van der Waals surface area contributed by atoms with Crippen LogP contribution < -0.4 is 10.6 Å². The molecular formula is C14H18N2OS. The number of hydrogen-bond acceptors (Lipinski definition) is 3. The Morgan fingerprint density at radius 3 is 2.39 bits per heavy atom. The van der Waals surface area contributed by atoms with Gasteiger partial charge >= 0.3 is 0 Å². The third kappa shape index (κ3) is 3.67. The zero-order valence-electron chi connectivity index (χ0n) is 10.9. The molecule has 0 fully saturated rings. The zero-order chi connectivity index (χ0) is 13.5. The van der Waals surface area contributed by atoms with Gasteiger partial charge in [-0.15, -0.1) is 0 Å². The molecule has 4 heteroatoms. The van der Waals surface area contributed by atoms with Crippen LogP contribution in [0, 0.1) is 0 Å². The molecule has 96 valence electrons. The van der Waals surface area contributed by atoms with E-state index in [1.807, 2.05) is 44.2 Å². The van der Waals surface area contributed by atoms with Gasteiger partial charge in [-0.1, -0.05) is 37.3 Å². The fourth-order valence-corrected chi connectivity index (χ4v) is 1.91. The second kappa shape index (κ2) is 6.91. The minimum absolute atomic E-state index is 0.0373. The van der Waals surface area contributed by atoms with E-state index in [1.54, 1.807) is 7.05 Å². The summed E-state index contributed by atoms with van der Waals surface area (Å²) in [6, 6.07) is 9.59. The molecule has 1 rings (SSSR count). The van der Waals surface area contributed by atoms with Crippen molar-refractivity contribution in [1.29, 1.82) is 0 Å². The van der Waals surface area contributed by atoms with E-state index < -0.39 is 0 Å². The minimum Gasteiger partial charge on any atom is -0.391 e. The molecule has 0 aliphatic heterocycles. The first kappa shape index (κ1) is 14.4. The van der Waals surface area contributed by atoms with E-state index in [1.165, 1.54) is 0 Å². The van der Waals surface area contributed by atoms with Crippen molar-refractivity contribution < 1.29 is 4.79 Å². The van der Waals surface area contributed by atoms with Crippen molar-refractivity contribution in [2.24, 2.45) is 0 Å². The number of allylic oxidation sites excluding steroid dienone is 1. The van der Waals surface area contributed by atoms with Gasteiger partial charge in [0.1, 0.15) is 4.99 Å². The highest BCUT2D eigenvalue weighted by Crippen LogP contribution is 2.12. The first-order valence-corrected chi connectivity index (χ1v) is 6.29. The predicted octanol–water partition coefficient (Wildman–Crippen LogP) is 2.90. The summed E-state index contributed by atoms with van der Waals surface area (Å²) < 4.78 is 0. The van der Waals surface area contributed by atoms with Crippen molar-refractivity contribution in [3.8, 4) is 0 Å². The third-order valence-corrected chi connectivity index (χ3v) is 2.91. The SMILES string of the molecule is CCC(=O)C(C(=S)Nc1ccccc1)=C(C)NC. The third-order valence-electron chi connectivity index (χ3n) is 2.61. The van der Waals surface area contributed by atoms with Crippen molar-refractivity contribution >= 4 is 28.7 Å². The highest BCUT2D eigenvalue weighted by Gasteiger charge is 2.16. The Labute approximate surface area is 113 Å². The number of para-hydroxylation sites is 1. The smallest absolute Gasteiger partial charge is 0.167 e. The molecule has 2 N–H and O–H groups in total. The van der Waals surface area contributed by atoms with E-state index in [0.29, 0.717) is 17.0 Å². The lowest BCUT2D eigenvalue weighted by atomic mass is 10.1. The van der Waals surface area contributed by atoms with E-state index in [-0.39, 0.29) is 5.78 Å². The Morgan fingerprint density at radius 2 is 1.89 bits per heavy atom. The maximum absolute atomic E-state index is 11.9. The maximum Gasteiger partial charge on any atom is 0.167 e. The summed E-state index contributed by atoms with van der Waals surface area (Å²) in [6.45, 7) is 3.68. The minimum atomic E-state index is 0.0373. The van der Waals surface area contributed by atoms with Crippen LogP contribution in [0.1, 0.15) is 20.3 Å². The van der Waals surface area contributed by atoms with Crippen LogP contribution in [0.25, 0.3) is 0 Å². The molecule has 0 bridgehead atoms. The van der Waals surface area contributed by atoms with Gasteiger partial charge < -0.3 is 10.6 Å². The summed E-state index contributed by atoms with van der Waals surface area (Å²) in [6.07, 6.45) is 0.435. The van der Waals surface area contributed by atoms with Crippen LogP contribution in [0.15, 0.2) is 41.6 Å². The van der Waals surface area contributed by atoms with Crippen molar-refractivity contribution in [2.75, 3.05) is 12.4 Å². The lowest BCUT2D eigenvalue weighted by Crippen LogP contribution is -2.23. The van der Waals surface area contributed by atoms with E-state index >= 15 is 0 Å². The molecule has 1 aromatic carbocycles. The van der Waals surface area contributed by atoms with E-state index in [9.17, 15) is 4.79 Å². The molecule has 0 radical (unpaired) electrons. The number of carbonyl (C=O) groups excluding carboxylic acids is 1. The van der Waals surface area contributed by atoms with Crippen LogP contribution in [0.4, 0.5) is 5.69 Å². The molecule has 18 heavy (non-hydrogen) atoms. The summed E-state index contributed by atoms with van der Waals surface area (Å²) in [4.78, 5) is 12.4. The topological polar surface area (TPSA) is 41.1 Å². The van der Waals surface area contributed by atoms with Crippen molar-refractivity contribution in [1.82, 2.24) is 5.32 Å². The summed E-state index contributed by atoms with van der Waals surface area (Å²) >= 11 is 5.31. The molecule has 0 spiro atoms. The van der Waals surface area contributed by atoms with Crippen molar-refractivity contribution in [3.05, 3.63) is 41.6 Å². The number of benzene rings is 1. The number of rotatable bonds is 5. The number of thiocarbonyl (C=S) groups is 1. The number of anilines is 1. The Kier molecular flexibility index (Phi) is 5.52. The van der Waals surface area contributed by atoms with Crippen LogP contribution in [-0.2, 0) is 4.79 Å². The highest BCUT2D eigenvalue weighted by atomic mass is 32.1. The largest absolute Gasteiger partial charge is 0.391 e. The quantitative estimate of drug-likeness (QED) is 0.632. The van der Waals surface area contributed by atoms with E-state index in [2.05, 4.69) is 10.6 Å². The summed E-state index contributed by atoms with van der Waals surface area (Å²) in [5.74, 6) is 0.0373. The maximum atomic E-state index is 11.9.